The molecule has 0 aromatic carbocycles. The molecule has 2 aromatic heterocycles. The van der Waals surface area contributed by atoms with E-state index in [1.165, 1.54) is 6.33 Å². The van der Waals surface area contributed by atoms with E-state index in [1.807, 2.05) is 12.1 Å². The molecule has 4 nitrogen and oxygen atoms in total. The minimum Gasteiger partial charge on any atom is -0.330 e. The molecule has 0 saturated carbocycles. The van der Waals surface area contributed by atoms with Gasteiger partial charge in [0.25, 0.3) is 0 Å². The van der Waals surface area contributed by atoms with Gasteiger partial charge in [0.2, 0.25) is 0 Å². The summed E-state index contributed by atoms with van der Waals surface area (Å²) in [6.07, 6.45) is 2.23. The Morgan fingerprint density at radius 2 is 2.31 bits per heavy atom. The lowest BCUT2D eigenvalue weighted by molar-refractivity contribution is 0.812. The fourth-order valence-electron chi connectivity index (χ4n) is 1.29. The van der Waals surface area contributed by atoms with Gasteiger partial charge in [-0.3, -0.25) is 0 Å². The molecule has 0 amide bonds. The zero-order valence-corrected chi connectivity index (χ0v) is 7.70. The number of aromatic nitrogens is 3. The molecule has 2 aromatic rings. The molecule has 2 heterocycles. The molecule has 0 unspecified atom stereocenters. The SMILES string of the molecule is NCCc1ccc2c(Cl)ncnn12. The predicted octanol–water partition coefficient (Wildman–Crippen LogP) is 0.884. The van der Waals surface area contributed by atoms with Gasteiger partial charge in [-0.1, -0.05) is 11.6 Å². The largest absolute Gasteiger partial charge is 0.330 e. The van der Waals surface area contributed by atoms with E-state index in [9.17, 15) is 0 Å². The maximum Gasteiger partial charge on any atom is 0.156 e. The maximum absolute atomic E-state index is 5.87. The summed E-state index contributed by atoms with van der Waals surface area (Å²) in [4.78, 5) is 3.88. The van der Waals surface area contributed by atoms with Gasteiger partial charge in [0.05, 0.1) is 0 Å². The molecule has 2 N–H and O–H groups in total. The molecule has 0 spiro atoms. The molecular weight excluding hydrogens is 188 g/mol. The summed E-state index contributed by atoms with van der Waals surface area (Å²) in [5, 5.41) is 4.56. The third-order valence-corrected chi connectivity index (χ3v) is 2.18. The van der Waals surface area contributed by atoms with Crippen LogP contribution in [0.1, 0.15) is 5.69 Å². The number of nitrogens with zero attached hydrogens (tertiary/aromatic N) is 3. The summed E-state index contributed by atoms with van der Waals surface area (Å²) in [6, 6.07) is 3.86. The van der Waals surface area contributed by atoms with E-state index >= 15 is 0 Å². The Balaban J connectivity index is 2.61. The maximum atomic E-state index is 5.87. The fraction of sp³-hybridized carbons (Fsp3) is 0.250. The number of hydrogen-bond donors (Lipinski definition) is 1. The Hall–Kier alpha value is -1.13. The fourth-order valence-corrected chi connectivity index (χ4v) is 1.48. The van der Waals surface area contributed by atoms with Gasteiger partial charge < -0.3 is 5.73 Å². The minimum atomic E-state index is 0.471. The first-order chi connectivity index (χ1) is 6.33. The Morgan fingerprint density at radius 1 is 1.46 bits per heavy atom. The number of hydrogen-bond acceptors (Lipinski definition) is 3. The molecule has 0 saturated heterocycles. The van der Waals surface area contributed by atoms with Crippen LogP contribution in [0.15, 0.2) is 18.5 Å². The summed E-state index contributed by atoms with van der Waals surface area (Å²) in [5.41, 5.74) is 7.34. The van der Waals surface area contributed by atoms with E-state index in [1.54, 1.807) is 4.52 Å². The lowest BCUT2D eigenvalue weighted by Gasteiger charge is -1.99. The summed E-state index contributed by atoms with van der Waals surface area (Å²) >= 11 is 5.87. The zero-order chi connectivity index (χ0) is 9.26. The Morgan fingerprint density at radius 3 is 3.08 bits per heavy atom. The normalized spacial score (nSPS) is 10.9. The third-order valence-electron chi connectivity index (χ3n) is 1.88. The van der Waals surface area contributed by atoms with E-state index in [2.05, 4.69) is 10.1 Å². The molecule has 13 heavy (non-hydrogen) atoms. The molecule has 0 aliphatic heterocycles. The van der Waals surface area contributed by atoms with Crippen LogP contribution in [0.25, 0.3) is 5.52 Å². The summed E-state index contributed by atoms with van der Waals surface area (Å²) in [6.45, 7) is 0.605. The minimum absolute atomic E-state index is 0.471. The Bertz CT molecular complexity index is 423. The molecular formula is C8H9ClN4. The van der Waals surface area contributed by atoms with Crippen LogP contribution in [0.4, 0.5) is 0 Å². The van der Waals surface area contributed by atoms with Crippen LogP contribution in [0.5, 0.6) is 0 Å². The van der Waals surface area contributed by atoms with Crippen molar-refractivity contribution in [1.82, 2.24) is 14.6 Å². The second kappa shape index (κ2) is 3.32. The van der Waals surface area contributed by atoms with Gasteiger partial charge in [0, 0.05) is 12.1 Å². The Kier molecular flexibility index (Phi) is 2.16. The topological polar surface area (TPSA) is 56.2 Å². The summed E-state index contributed by atoms with van der Waals surface area (Å²) in [5.74, 6) is 0. The lowest BCUT2D eigenvalue weighted by atomic mass is 10.3. The van der Waals surface area contributed by atoms with Gasteiger partial charge in [-0.05, 0) is 18.7 Å². The van der Waals surface area contributed by atoms with Crippen molar-refractivity contribution >= 4 is 17.1 Å². The smallest absolute Gasteiger partial charge is 0.156 e. The predicted molar refractivity (Wildman–Crippen MR) is 50.8 cm³/mol. The van der Waals surface area contributed by atoms with Crippen LogP contribution in [-0.4, -0.2) is 21.1 Å². The summed E-state index contributed by atoms with van der Waals surface area (Å²) in [7, 11) is 0. The molecule has 68 valence electrons. The van der Waals surface area contributed by atoms with Crippen molar-refractivity contribution in [3.05, 3.63) is 29.3 Å². The number of fused-ring (bicyclic) bond motifs is 1. The van der Waals surface area contributed by atoms with Crippen LogP contribution in [0.2, 0.25) is 5.15 Å². The first-order valence-corrected chi connectivity index (χ1v) is 4.38. The average molecular weight is 197 g/mol. The van der Waals surface area contributed by atoms with Crippen molar-refractivity contribution in [3.63, 3.8) is 0 Å². The molecule has 0 aliphatic rings. The van der Waals surface area contributed by atoms with Crippen LogP contribution in [0.3, 0.4) is 0 Å². The highest BCUT2D eigenvalue weighted by Crippen LogP contribution is 2.15. The number of nitrogens with two attached hydrogens (primary N) is 1. The van der Waals surface area contributed by atoms with Crippen LogP contribution >= 0.6 is 11.6 Å². The van der Waals surface area contributed by atoms with Gasteiger partial charge in [-0.15, -0.1) is 0 Å². The van der Waals surface area contributed by atoms with Crippen LogP contribution in [0, 0.1) is 0 Å². The Labute approximate surface area is 80.3 Å². The van der Waals surface area contributed by atoms with Crippen molar-refractivity contribution < 1.29 is 0 Å². The van der Waals surface area contributed by atoms with Crippen LogP contribution in [-0.2, 0) is 6.42 Å². The molecule has 5 heteroatoms. The highest BCUT2D eigenvalue weighted by Gasteiger charge is 2.04. The highest BCUT2D eigenvalue weighted by molar-refractivity contribution is 6.32. The molecule has 2 rings (SSSR count). The number of halogens is 1. The second-order valence-electron chi connectivity index (χ2n) is 2.71. The monoisotopic (exact) mass is 196 g/mol. The first kappa shape index (κ1) is 8.47. The van der Waals surface area contributed by atoms with Crippen molar-refractivity contribution in [3.8, 4) is 0 Å². The van der Waals surface area contributed by atoms with Gasteiger partial charge in [0.15, 0.2) is 5.15 Å². The van der Waals surface area contributed by atoms with E-state index in [0.717, 1.165) is 17.6 Å². The zero-order valence-electron chi connectivity index (χ0n) is 6.94. The number of rotatable bonds is 2. The van der Waals surface area contributed by atoms with E-state index < -0.39 is 0 Å². The van der Waals surface area contributed by atoms with Gasteiger partial charge in [-0.2, -0.15) is 5.10 Å². The van der Waals surface area contributed by atoms with Crippen molar-refractivity contribution in [2.24, 2.45) is 5.73 Å². The van der Waals surface area contributed by atoms with Crippen LogP contribution < -0.4 is 5.73 Å². The molecule has 0 radical (unpaired) electrons. The van der Waals surface area contributed by atoms with E-state index in [-0.39, 0.29) is 0 Å². The van der Waals surface area contributed by atoms with Gasteiger partial charge >= 0.3 is 0 Å². The average Bonchev–Trinajstić information content (AvgIpc) is 2.51. The van der Waals surface area contributed by atoms with Crippen molar-refractivity contribution in [2.75, 3.05) is 6.54 Å². The van der Waals surface area contributed by atoms with Crippen molar-refractivity contribution in [1.29, 1.82) is 0 Å². The van der Waals surface area contributed by atoms with Crippen molar-refractivity contribution in [2.45, 2.75) is 6.42 Å². The molecule has 0 atom stereocenters. The quantitative estimate of drug-likeness (QED) is 0.776. The van der Waals surface area contributed by atoms with E-state index in [0.29, 0.717) is 11.7 Å². The first-order valence-electron chi connectivity index (χ1n) is 4.00. The van der Waals surface area contributed by atoms with Gasteiger partial charge in [-0.25, -0.2) is 9.50 Å². The summed E-state index contributed by atoms with van der Waals surface area (Å²) < 4.78 is 1.77. The molecule has 0 aliphatic carbocycles. The lowest BCUT2D eigenvalue weighted by Crippen LogP contribution is -2.06. The standard InChI is InChI=1S/C8H9ClN4/c9-8-7-2-1-6(3-4-10)13(7)12-5-11-8/h1-2,5H,3-4,10H2. The van der Waals surface area contributed by atoms with Gasteiger partial charge in [0.1, 0.15) is 11.8 Å². The second-order valence-corrected chi connectivity index (χ2v) is 3.07. The van der Waals surface area contributed by atoms with E-state index in [4.69, 9.17) is 17.3 Å². The molecule has 0 fully saturated rings. The third kappa shape index (κ3) is 1.38. The highest BCUT2D eigenvalue weighted by atomic mass is 35.5. The molecule has 0 bridgehead atoms.